The fourth-order valence-electron chi connectivity index (χ4n) is 1.80. The van der Waals surface area contributed by atoms with Crippen LogP contribution in [-0.2, 0) is 4.74 Å². The smallest absolute Gasteiger partial charge is 0.340 e. The lowest BCUT2D eigenvalue weighted by Gasteiger charge is -2.04. The van der Waals surface area contributed by atoms with Crippen molar-refractivity contribution < 1.29 is 14.3 Å². The second-order valence-electron chi connectivity index (χ2n) is 4.30. The molecular formula is C17H15NO3. The topological polar surface area (TPSA) is 56.3 Å². The summed E-state index contributed by atoms with van der Waals surface area (Å²) >= 11 is 0. The Kier molecular flexibility index (Phi) is 4.99. The van der Waals surface area contributed by atoms with Crippen LogP contribution in [-0.4, -0.2) is 23.8 Å². The van der Waals surface area contributed by atoms with E-state index in [4.69, 9.17) is 4.74 Å². The standard InChI is InChI=1S/C17H15NO3/c1-2-21-17(20)16-11-18-10-9-15(16)8-7-13-3-5-14(12-19)6-4-13/h3-12H,2H2,1H3. The molecule has 0 aliphatic carbocycles. The Morgan fingerprint density at radius 1 is 1.14 bits per heavy atom. The van der Waals surface area contributed by atoms with E-state index in [1.807, 2.05) is 24.3 Å². The van der Waals surface area contributed by atoms with Crippen LogP contribution in [0.1, 0.15) is 38.8 Å². The van der Waals surface area contributed by atoms with Crippen molar-refractivity contribution in [3.8, 4) is 0 Å². The summed E-state index contributed by atoms with van der Waals surface area (Å²) in [7, 11) is 0. The molecule has 0 aliphatic rings. The summed E-state index contributed by atoms with van der Waals surface area (Å²) in [5, 5.41) is 0. The van der Waals surface area contributed by atoms with Gasteiger partial charge in [-0.05, 0) is 24.1 Å². The molecule has 0 aliphatic heterocycles. The predicted molar refractivity (Wildman–Crippen MR) is 81.0 cm³/mol. The van der Waals surface area contributed by atoms with Crippen molar-refractivity contribution in [3.05, 3.63) is 65.0 Å². The minimum Gasteiger partial charge on any atom is -0.462 e. The fraction of sp³-hybridized carbons (Fsp3) is 0.118. The molecule has 1 aromatic heterocycles. The number of carbonyl (C=O) groups is 2. The van der Waals surface area contributed by atoms with Gasteiger partial charge in [-0.3, -0.25) is 9.78 Å². The van der Waals surface area contributed by atoms with Gasteiger partial charge in [0.15, 0.2) is 0 Å². The van der Waals surface area contributed by atoms with Crippen molar-refractivity contribution in [3.63, 3.8) is 0 Å². The number of nitrogens with zero attached hydrogens (tertiary/aromatic N) is 1. The number of rotatable bonds is 5. The molecule has 0 spiro atoms. The fourth-order valence-corrected chi connectivity index (χ4v) is 1.80. The van der Waals surface area contributed by atoms with E-state index in [2.05, 4.69) is 4.98 Å². The van der Waals surface area contributed by atoms with Gasteiger partial charge in [-0.15, -0.1) is 0 Å². The lowest BCUT2D eigenvalue weighted by molar-refractivity contribution is 0.0525. The van der Waals surface area contributed by atoms with E-state index in [1.54, 1.807) is 31.3 Å². The summed E-state index contributed by atoms with van der Waals surface area (Å²) in [5.41, 5.74) is 2.73. The molecule has 0 amide bonds. The minimum absolute atomic E-state index is 0.323. The second kappa shape index (κ2) is 7.14. The molecule has 0 unspecified atom stereocenters. The zero-order valence-electron chi connectivity index (χ0n) is 11.7. The van der Waals surface area contributed by atoms with E-state index in [1.165, 1.54) is 6.20 Å². The van der Waals surface area contributed by atoms with E-state index >= 15 is 0 Å². The molecule has 0 saturated carbocycles. The lowest BCUT2D eigenvalue weighted by atomic mass is 10.1. The first kappa shape index (κ1) is 14.7. The summed E-state index contributed by atoms with van der Waals surface area (Å²) in [6.07, 6.45) is 7.61. The second-order valence-corrected chi connectivity index (χ2v) is 4.30. The Bertz CT molecular complexity index is 660. The highest BCUT2D eigenvalue weighted by Gasteiger charge is 2.10. The first-order valence-electron chi connectivity index (χ1n) is 6.59. The SMILES string of the molecule is CCOC(=O)c1cnccc1C=Cc1ccc(C=O)cc1. The van der Waals surface area contributed by atoms with Gasteiger partial charge in [0.05, 0.1) is 12.2 Å². The number of hydrogen-bond donors (Lipinski definition) is 0. The molecule has 0 atom stereocenters. The number of ether oxygens (including phenoxy) is 1. The van der Waals surface area contributed by atoms with Crippen LogP contribution in [0.15, 0.2) is 42.7 Å². The Labute approximate surface area is 123 Å². The molecule has 0 fully saturated rings. The highest BCUT2D eigenvalue weighted by Crippen LogP contribution is 2.14. The summed E-state index contributed by atoms with van der Waals surface area (Å²) in [4.78, 5) is 26.4. The number of aldehydes is 1. The van der Waals surface area contributed by atoms with Crippen LogP contribution < -0.4 is 0 Å². The van der Waals surface area contributed by atoms with E-state index < -0.39 is 0 Å². The third-order valence-corrected chi connectivity index (χ3v) is 2.88. The molecule has 0 radical (unpaired) electrons. The number of pyridine rings is 1. The normalized spacial score (nSPS) is 10.5. The third kappa shape index (κ3) is 3.86. The molecule has 4 nitrogen and oxygen atoms in total. The summed E-state index contributed by atoms with van der Waals surface area (Å²) in [6.45, 7) is 2.09. The molecule has 4 heteroatoms. The number of esters is 1. The van der Waals surface area contributed by atoms with Crippen molar-refractivity contribution in [1.82, 2.24) is 4.98 Å². The Morgan fingerprint density at radius 2 is 1.86 bits per heavy atom. The van der Waals surface area contributed by atoms with Gasteiger partial charge < -0.3 is 4.74 Å². The van der Waals surface area contributed by atoms with Crippen molar-refractivity contribution in [2.24, 2.45) is 0 Å². The molecule has 0 bridgehead atoms. The Morgan fingerprint density at radius 3 is 2.52 bits per heavy atom. The van der Waals surface area contributed by atoms with Crippen LogP contribution >= 0.6 is 0 Å². The van der Waals surface area contributed by atoms with Crippen molar-refractivity contribution >= 4 is 24.4 Å². The summed E-state index contributed by atoms with van der Waals surface area (Å²) in [5.74, 6) is -0.387. The number of benzene rings is 1. The Hall–Kier alpha value is -2.75. The van der Waals surface area contributed by atoms with Gasteiger partial charge in [-0.25, -0.2) is 4.79 Å². The van der Waals surface area contributed by atoms with Gasteiger partial charge in [0.2, 0.25) is 0 Å². The minimum atomic E-state index is -0.387. The van der Waals surface area contributed by atoms with Gasteiger partial charge in [-0.1, -0.05) is 36.4 Å². The molecule has 21 heavy (non-hydrogen) atoms. The lowest BCUT2D eigenvalue weighted by Crippen LogP contribution is -2.06. The molecule has 2 aromatic rings. The summed E-state index contributed by atoms with van der Waals surface area (Å²) < 4.78 is 5.00. The summed E-state index contributed by atoms with van der Waals surface area (Å²) in [6, 6.07) is 8.91. The number of carbonyl (C=O) groups excluding carboxylic acids is 2. The van der Waals surface area contributed by atoms with Crippen LogP contribution in [0.5, 0.6) is 0 Å². The van der Waals surface area contributed by atoms with Gasteiger partial charge in [0, 0.05) is 18.0 Å². The highest BCUT2D eigenvalue weighted by molar-refractivity contribution is 5.94. The predicted octanol–water partition coefficient (Wildman–Crippen LogP) is 3.24. The maximum Gasteiger partial charge on any atom is 0.340 e. The van der Waals surface area contributed by atoms with E-state index in [0.29, 0.717) is 17.7 Å². The van der Waals surface area contributed by atoms with Crippen LogP contribution in [0, 0.1) is 0 Å². The van der Waals surface area contributed by atoms with Gasteiger partial charge in [-0.2, -0.15) is 0 Å². The first-order chi connectivity index (χ1) is 10.2. The quantitative estimate of drug-likeness (QED) is 0.623. The van der Waals surface area contributed by atoms with Crippen LogP contribution in [0.3, 0.4) is 0 Å². The maximum absolute atomic E-state index is 11.8. The molecule has 1 aromatic carbocycles. The van der Waals surface area contributed by atoms with Crippen molar-refractivity contribution in [2.75, 3.05) is 6.61 Å². The molecule has 106 valence electrons. The van der Waals surface area contributed by atoms with Crippen LogP contribution in [0.4, 0.5) is 0 Å². The van der Waals surface area contributed by atoms with E-state index in [9.17, 15) is 9.59 Å². The molecule has 0 N–H and O–H groups in total. The van der Waals surface area contributed by atoms with E-state index in [-0.39, 0.29) is 5.97 Å². The van der Waals surface area contributed by atoms with Crippen molar-refractivity contribution in [1.29, 1.82) is 0 Å². The van der Waals surface area contributed by atoms with Gasteiger partial charge >= 0.3 is 5.97 Å². The van der Waals surface area contributed by atoms with E-state index in [0.717, 1.165) is 17.4 Å². The first-order valence-corrected chi connectivity index (χ1v) is 6.59. The molecule has 1 heterocycles. The zero-order valence-corrected chi connectivity index (χ0v) is 11.7. The average molecular weight is 281 g/mol. The van der Waals surface area contributed by atoms with Crippen LogP contribution in [0.25, 0.3) is 12.2 Å². The zero-order chi connectivity index (χ0) is 15.1. The molecule has 2 rings (SSSR count). The maximum atomic E-state index is 11.8. The molecule has 0 saturated heterocycles. The van der Waals surface area contributed by atoms with Crippen molar-refractivity contribution in [2.45, 2.75) is 6.92 Å². The average Bonchev–Trinajstić information content (AvgIpc) is 2.54. The van der Waals surface area contributed by atoms with Gasteiger partial charge in [0.25, 0.3) is 0 Å². The number of aromatic nitrogens is 1. The molecular weight excluding hydrogens is 266 g/mol. The third-order valence-electron chi connectivity index (χ3n) is 2.88. The Balaban J connectivity index is 2.23. The number of hydrogen-bond acceptors (Lipinski definition) is 4. The highest BCUT2D eigenvalue weighted by atomic mass is 16.5. The van der Waals surface area contributed by atoms with Gasteiger partial charge in [0.1, 0.15) is 6.29 Å². The monoisotopic (exact) mass is 281 g/mol. The van der Waals surface area contributed by atoms with Crippen LogP contribution in [0.2, 0.25) is 0 Å². The largest absolute Gasteiger partial charge is 0.462 e.